The molecule has 3 nitrogen and oxygen atoms in total. The SMILES string of the molecule is CC1CN2COc3ccc(Br)cc3C2O1. The van der Waals surface area contributed by atoms with Crippen LogP contribution in [0.4, 0.5) is 0 Å². The molecule has 1 fully saturated rings. The van der Waals surface area contributed by atoms with Crippen LogP contribution in [0.1, 0.15) is 18.7 Å². The molecule has 80 valence electrons. The van der Waals surface area contributed by atoms with Gasteiger partial charge in [-0.05, 0) is 25.1 Å². The van der Waals surface area contributed by atoms with Gasteiger partial charge in [-0.3, -0.25) is 0 Å². The Morgan fingerprint density at radius 3 is 3.20 bits per heavy atom. The van der Waals surface area contributed by atoms with Crippen LogP contribution in [0.15, 0.2) is 22.7 Å². The molecule has 3 rings (SSSR count). The molecule has 4 heteroatoms. The van der Waals surface area contributed by atoms with E-state index >= 15 is 0 Å². The van der Waals surface area contributed by atoms with E-state index in [-0.39, 0.29) is 12.3 Å². The molecule has 0 amide bonds. The van der Waals surface area contributed by atoms with Crippen LogP contribution in [0.3, 0.4) is 0 Å². The molecule has 0 spiro atoms. The van der Waals surface area contributed by atoms with E-state index in [2.05, 4.69) is 33.8 Å². The van der Waals surface area contributed by atoms with E-state index < -0.39 is 0 Å². The molecule has 0 saturated carbocycles. The van der Waals surface area contributed by atoms with Crippen molar-refractivity contribution in [1.29, 1.82) is 0 Å². The number of hydrogen-bond donors (Lipinski definition) is 0. The molecule has 0 radical (unpaired) electrons. The second kappa shape index (κ2) is 3.47. The zero-order valence-electron chi connectivity index (χ0n) is 8.44. The van der Waals surface area contributed by atoms with Gasteiger partial charge in [-0.1, -0.05) is 15.9 Å². The van der Waals surface area contributed by atoms with Gasteiger partial charge in [0, 0.05) is 16.6 Å². The fraction of sp³-hybridized carbons (Fsp3) is 0.455. The summed E-state index contributed by atoms with van der Waals surface area (Å²) in [6.45, 7) is 3.66. The van der Waals surface area contributed by atoms with Gasteiger partial charge >= 0.3 is 0 Å². The summed E-state index contributed by atoms with van der Waals surface area (Å²) in [7, 11) is 0. The summed E-state index contributed by atoms with van der Waals surface area (Å²) >= 11 is 3.47. The standard InChI is InChI=1S/C11H12BrNO2/c1-7-5-13-6-14-10-3-2-8(12)4-9(10)11(13)15-7/h2-4,7,11H,5-6H2,1H3. The number of fused-ring (bicyclic) bond motifs is 3. The first-order valence-electron chi connectivity index (χ1n) is 5.06. The number of ether oxygens (including phenoxy) is 2. The number of benzene rings is 1. The third-order valence-corrected chi connectivity index (χ3v) is 3.30. The lowest BCUT2D eigenvalue weighted by Crippen LogP contribution is -2.33. The lowest BCUT2D eigenvalue weighted by Gasteiger charge is -2.30. The van der Waals surface area contributed by atoms with E-state index in [4.69, 9.17) is 9.47 Å². The largest absolute Gasteiger partial charge is 0.478 e. The summed E-state index contributed by atoms with van der Waals surface area (Å²) in [6.07, 6.45) is 0.352. The summed E-state index contributed by atoms with van der Waals surface area (Å²) in [5.74, 6) is 0.938. The molecule has 0 N–H and O–H groups in total. The molecule has 0 aromatic heterocycles. The van der Waals surface area contributed by atoms with Crippen LogP contribution >= 0.6 is 15.9 Å². The van der Waals surface area contributed by atoms with Crippen molar-refractivity contribution in [2.75, 3.05) is 13.3 Å². The van der Waals surface area contributed by atoms with Crippen LogP contribution < -0.4 is 4.74 Å². The van der Waals surface area contributed by atoms with Crippen molar-refractivity contribution in [2.45, 2.75) is 19.3 Å². The number of rotatable bonds is 0. The van der Waals surface area contributed by atoms with Crippen molar-refractivity contribution in [1.82, 2.24) is 4.90 Å². The molecular weight excluding hydrogens is 258 g/mol. The highest BCUT2D eigenvalue weighted by atomic mass is 79.9. The first-order chi connectivity index (χ1) is 7.24. The second-order valence-corrected chi connectivity index (χ2v) is 4.94. The van der Waals surface area contributed by atoms with E-state index in [0.29, 0.717) is 6.73 Å². The predicted molar refractivity (Wildman–Crippen MR) is 59.6 cm³/mol. The summed E-state index contributed by atoms with van der Waals surface area (Å²) < 4.78 is 12.6. The minimum absolute atomic E-state index is 0.0706. The van der Waals surface area contributed by atoms with Crippen LogP contribution in [0.5, 0.6) is 5.75 Å². The lowest BCUT2D eigenvalue weighted by molar-refractivity contribution is -0.0376. The zero-order valence-corrected chi connectivity index (χ0v) is 10.0. The van der Waals surface area contributed by atoms with Crippen molar-refractivity contribution in [3.8, 4) is 5.75 Å². The monoisotopic (exact) mass is 269 g/mol. The molecular formula is C11H12BrNO2. The van der Waals surface area contributed by atoms with Gasteiger partial charge in [0.05, 0.1) is 6.10 Å². The number of halogens is 1. The maximum atomic E-state index is 5.87. The molecule has 1 aromatic rings. The van der Waals surface area contributed by atoms with Crippen LogP contribution in [-0.4, -0.2) is 24.3 Å². The maximum absolute atomic E-state index is 5.87. The smallest absolute Gasteiger partial charge is 0.144 e. The van der Waals surface area contributed by atoms with Crippen LogP contribution in [-0.2, 0) is 4.74 Å². The van der Waals surface area contributed by atoms with E-state index in [0.717, 1.165) is 22.3 Å². The van der Waals surface area contributed by atoms with Gasteiger partial charge in [-0.2, -0.15) is 0 Å². The molecule has 2 aliphatic heterocycles. The Morgan fingerprint density at radius 1 is 1.47 bits per heavy atom. The van der Waals surface area contributed by atoms with Gasteiger partial charge < -0.3 is 9.47 Å². The highest BCUT2D eigenvalue weighted by molar-refractivity contribution is 9.10. The van der Waals surface area contributed by atoms with E-state index in [1.807, 2.05) is 12.1 Å². The van der Waals surface area contributed by atoms with Crippen molar-refractivity contribution < 1.29 is 9.47 Å². The Labute approximate surface area is 97.1 Å². The first-order valence-corrected chi connectivity index (χ1v) is 5.85. The average molecular weight is 270 g/mol. The minimum Gasteiger partial charge on any atom is -0.478 e. The average Bonchev–Trinajstić information content (AvgIpc) is 2.58. The quantitative estimate of drug-likeness (QED) is 0.723. The van der Waals surface area contributed by atoms with Crippen molar-refractivity contribution in [3.63, 3.8) is 0 Å². The van der Waals surface area contributed by atoms with Gasteiger partial charge in [0.25, 0.3) is 0 Å². The minimum atomic E-state index is 0.0706. The number of hydrogen-bond acceptors (Lipinski definition) is 3. The van der Waals surface area contributed by atoms with E-state index in [1.54, 1.807) is 0 Å². The Bertz CT molecular complexity index is 396. The third-order valence-electron chi connectivity index (χ3n) is 2.81. The van der Waals surface area contributed by atoms with E-state index in [1.165, 1.54) is 0 Å². The molecule has 1 aromatic carbocycles. The van der Waals surface area contributed by atoms with Crippen LogP contribution in [0.25, 0.3) is 0 Å². The summed E-state index contributed by atoms with van der Waals surface area (Å²) in [6, 6.07) is 6.06. The number of nitrogens with zero attached hydrogens (tertiary/aromatic N) is 1. The maximum Gasteiger partial charge on any atom is 0.144 e. The molecule has 2 unspecified atom stereocenters. The highest BCUT2D eigenvalue weighted by Gasteiger charge is 2.36. The van der Waals surface area contributed by atoms with Gasteiger partial charge in [0.1, 0.15) is 18.7 Å². The summed E-state index contributed by atoms with van der Waals surface area (Å²) in [5.41, 5.74) is 1.12. The Morgan fingerprint density at radius 2 is 2.33 bits per heavy atom. The molecule has 0 bridgehead atoms. The van der Waals surface area contributed by atoms with Crippen molar-refractivity contribution >= 4 is 15.9 Å². The fourth-order valence-electron chi connectivity index (χ4n) is 2.16. The first kappa shape index (κ1) is 9.63. The molecule has 2 atom stereocenters. The lowest BCUT2D eigenvalue weighted by atomic mass is 10.1. The molecule has 15 heavy (non-hydrogen) atoms. The van der Waals surface area contributed by atoms with Crippen molar-refractivity contribution in [2.24, 2.45) is 0 Å². The summed E-state index contributed by atoms with van der Waals surface area (Å²) in [4.78, 5) is 2.21. The Hall–Kier alpha value is -0.580. The van der Waals surface area contributed by atoms with Crippen molar-refractivity contribution in [3.05, 3.63) is 28.2 Å². The highest BCUT2D eigenvalue weighted by Crippen LogP contribution is 2.40. The zero-order chi connectivity index (χ0) is 10.4. The third kappa shape index (κ3) is 1.57. The van der Waals surface area contributed by atoms with Gasteiger partial charge in [0.2, 0.25) is 0 Å². The molecule has 0 aliphatic carbocycles. The predicted octanol–water partition coefficient (Wildman–Crippen LogP) is 2.52. The molecule has 2 heterocycles. The molecule has 2 aliphatic rings. The second-order valence-electron chi connectivity index (χ2n) is 4.03. The summed E-state index contributed by atoms with van der Waals surface area (Å²) in [5, 5.41) is 0. The topological polar surface area (TPSA) is 21.7 Å². The van der Waals surface area contributed by atoms with Crippen LogP contribution in [0.2, 0.25) is 0 Å². The van der Waals surface area contributed by atoms with Gasteiger partial charge in [0.15, 0.2) is 0 Å². The molecule has 1 saturated heterocycles. The Balaban J connectivity index is 2.03. The van der Waals surface area contributed by atoms with Crippen LogP contribution in [0, 0.1) is 0 Å². The van der Waals surface area contributed by atoms with Gasteiger partial charge in [-0.15, -0.1) is 0 Å². The van der Waals surface area contributed by atoms with Gasteiger partial charge in [-0.25, -0.2) is 4.90 Å². The van der Waals surface area contributed by atoms with E-state index in [9.17, 15) is 0 Å². The normalized spacial score (nSPS) is 29.5. The Kier molecular flexibility index (Phi) is 2.23. The fourth-order valence-corrected chi connectivity index (χ4v) is 2.54.